The molecule has 0 atom stereocenters. The van der Waals surface area contributed by atoms with Gasteiger partial charge < -0.3 is 9.15 Å². The van der Waals surface area contributed by atoms with Crippen LogP contribution in [-0.4, -0.2) is 37.3 Å². The van der Waals surface area contributed by atoms with Crippen LogP contribution < -0.4 is 9.46 Å². The van der Waals surface area contributed by atoms with Crippen molar-refractivity contribution in [2.75, 3.05) is 13.7 Å². The maximum atomic E-state index is 12.6. The van der Waals surface area contributed by atoms with Crippen LogP contribution >= 0.6 is 0 Å². The molecule has 3 aromatic rings. The lowest BCUT2D eigenvalue weighted by Crippen LogP contribution is -2.26. The van der Waals surface area contributed by atoms with Crippen LogP contribution in [0.1, 0.15) is 17.0 Å². The van der Waals surface area contributed by atoms with Gasteiger partial charge in [0.25, 0.3) is 0 Å². The molecule has 0 bridgehead atoms. The van der Waals surface area contributed by atoms with E-state index < -0.39 is 10.0 Å². The molecule has 0 saturated heterocycles. The molecule has 0 aliphatic rings. The highest BCUT2D eigenvalue weighted by atomic mass is 32.2. The Hall–Kier alpha value is -2.78. The number of methoxy groups -OCH3 is 1. The monoisotopic (exact) mass is 388 g/mol. The molecule has 0 amide bonds. The third kappa shape index (κ3) is 4.32. The minimum absolute atomic E-state index is 0.108. The number of benzene rings is 1. The number of pyridine rings is 1. The molecule has 2 heterocycles. The first-order valence-corrected chi connectivity index (χ1v) is 9.76. The highest BCUT2D eigenvalue weighted by molar-refractivity contribution is 7.89. The number of ether oxygens (including phenoxy) is 1. The van der Waals surface area contributed by atoms with Crippen molar-refractivity contribution >= 4 is 10.0 Å². The van der Waals surface area contributed by atoms with Gasteiger partial charge in [-0.3, -0.25) is 4.98 Å². The van der Waals surface area contributed by atoms with E-state index in [4.69, 9.17) is 9.15 Å². The van der Waals surface area contributed by atoms with Gasteiger partial charge in [-0.1, -0.05) is 0 Å². The van der Waals surface area contributed by atoms with Crippen LogP contribution in [0.4, 0.5) is 0 Å². The highest BCUT2D eigenvalue weighted by Crippen LogP contribution is 2.27. The number of nitrogens with zero attached hydrogens (tertiary/aromatic N) is 3. The number of aromatic nitrogens is 3. The third-order valence-corrected chi connectivity index (χ3v) is 5.58. The molecule has 9 heteroatoms. The molecule has 142 valence electrons. The van der Waals surface area contributed by atoms with E-state index in [0.29, 0.717) is 17.5 Å². The number of sulfonamides is 1. The van der Waals surface area contributed by atoms with Crippen LogP contribution in [0, 0.1) is 13.8 Å². The second kappa shape index (κ2) is 7.85. The standard InChI is InChI=1S/C18H20N4O4S/c1-12-10-15(25-3)16(11-13(12)2)27(23,24)20-9-6-17-21-22-18(26-17)14-4-7-19-8-5-14/h4-5,7-8,10-11,20H,6,9H2,1-3H3. The van der Waals surface area contributed by atoms with Gasteiger partial charge in [0.2, 0.25) is 21.8 Å². The summed E-state index contributed by atoms with van der Waals surface area (Å²) in [7, 11) is -2.28. The number of hydrogen-bond donors (Lipinski definition) is 1. The molecule has 3 rings (SSSR count). The molecule has 8 nitrogen and oxygen atoms in total. The molecule has 0 unspecified atom stereocenters. The molecule has 27 heavy (non-hydrogen) atoms. The minimum Gasteiger partial charge on any atom is -0.495 e. The summed E-state index contributed by atoms with van der Waals surface area (Å²) in [6.45, 7) is 3.88. The summed E-state index contributed by atoms with van der Waals surface area (Å²) in [5, 5.41) is 7.91. The van der Waals surface area contributed by atoms with E-state index >= 15 is 0 Å². The van der Waals surface area contributed by atoms with Crippen molar-refractivity contribution in [2.24, 2.45) is 0 Å². The molecule has 2 aromatic heterocycles. The molecule has 1 N–H and O–H groups in total. The van der Waals surface area contributed by atoms with Gasteiger partial charge in [0.1, 0.15) is 10.6 Å². The zero-order valence-corrected chi connectivity index (χ0v) is 16.1. The Morgan fingerprint density at radius 3 is 2.52 bits per heavy atom. The number of aryl methyl sites for hydroxylation is 2. The molecule has 0 radical (unpaired) electrons. The van der Waals surface area contributed by atoms with E-state index in [1.165, 1.54) is 7.11 Å². The van der Waals surface area contributed by atoms with Crippen LogP contribution in [-0.2, 0) is 16.4 Å². The molecule has 1 aromatic carbocycles. The minimum atomic E-state index is -3.73. The Bertz CT molecular complexity index is 1030. The van der Waals surface area contributed by atoms with E-state index in [9.17, 15) is 8.42 Å². The third-order valence-electron chi connectivity index (χ3n) is 4.09. The normalized spacial score (nSPS) is 11.5. The van der Waals surface area contributed by atoms with Crippen LogP contribution in [0.5, 0.6) is 5.75 Å². The lowest BCUT2D eigenvalue weighted by Gasteiger charge is -2.12. The van der Waals surface area contributed by atoms with E-state index in [2.05, 4.69) is 19.9 Å². The van der Waals surface area contributed by atoms with Gasteiger partial charge in [0.05, 0.1) is 7.11 Å². The quantitative estimate of drug-likeness (QED) is 0.661. The van der Waals surface area contributed by atoms with Gasteiger partial charge in [0.15, 0.2) is 0 Å². The zero-order chi connectivity index (χ0) is 19.4. The second-order valence-corrected chi connectivity index (χ2v) is 7.71. The van der Waals surface area contributed by atoms with Gasteiger partial charge in [0, 0.05) is 30.9 Å². The summed E-state index contributed by atoms with van der Waals surface area (Å²) < 4.78 is 38.6. The number of rotatable bonds is 7. The maximum Gasteiger partial charge on any atom is 0.247 e. The topological polar surface area (TPSA) is 107 Å². The van der Waals surface area contributed by atoms with E-state index in [1.807, 2.05) is 13.8 Å². The van der Waals surface area contributed by atoms with Crippen molar-refractivity contribution in [3.8, 4) is 17.2 Å². The SMILES string of the molecule is COc1cc(C)c(C)cc1S(=O)(=O)NCCc1nnc(-c2ccncc2)o1. The van der Waals surface area contributed by atoms with Crippen molar-refractivity contribution < 1.29 is 17.6 Å². The first kappa shape index (κ1) is 19.0. The predicted octanol–water partition coefficient (Wildman–Crippen LogP) is 2.28. The van der Waals surface area contributed by atoms with E-state index in [-0.39, 0.29) is 17.9 Å². The van der Waals surface area contributed by atoms with Crippen molar-refractivity contribution in [3.05, 3.63) is 53.7 Å². The smallest absolute Gasteiger partial charge is 0.247 e. The fourth-order valence-corrected chi connectivity index (χ4v) is 3.73. The van der Waals surface area contributed by atoms with Crippen molar-refractivity contribution in [1.29, 1.82) is 0 Å². The van der Waals surface area contributed by atoms with E-state index in [1.54, 1.807) is 36.7 Å². The van der Waals surface area contributed by atoms with Crippen molar-refractivity contribution in [1.82, 2.24) is 19.9 Å². The zero-order valence-electron chi connectivity index (χ0n) is 15.3. The van der Waals surface area contributed by atoms with Gasteiger partial charge in [-0.05, 0) is 49.2 Å². The lowest BCUT2D eigenvalue weighted by atomic mass is 10.1. The Morgan fingerprint density at radius 1 is 1.11 bits per heavy atom. The lowest BCUT2D eigenvalue weighted by molar-refractivity contribution is 0.401. The highest BCUT2D eigenvalue weighted by Gasteiger charge is 2.20. The summed E-state index contributed by atoms with van der Waals surface area (Å²) in [5.41, 5.74) is 2.58. The molecule has 0 saturated carbocycles. The first-order chi connectivity index (χ1) is 12.9. The molecule has 0 aliphatic heterocycles. The van der Waals surface area contributed by atoms with Crippen LogP contribution in [0.25, 0.3) is 11.5 Å². The van der Waals surface area contributed by atoms with E-state index in [0.717, 1.165) is 16.7 Å². The Labute approximate surface area is 157 Å². The average molecular weight is 388 g/mol. The van der Waals surface area contributed by atoms with Crippen LogP contribution in [0.3, 0.4) is 0 Å². The number of hydrogen-bond acceptors (Lipinski definition) is 7. The Balaban J connectivity index is 1.69. The summed E-state index contributed by atoms with van der Waals surface area (Å²) in [6, 6.07) is 6.83. The second-order valence-electron chi connectivity index (χ2n) is 5.97. The molecule has 0 aliphatic carbocycles. The van der Waals surface area contributed by atoms with Gasteiger partial charge in [-0.2, -0.15) is 0 Å². The molecule has 0 fully saturated rings. The maximum absolute atomic E-state index is 12.6. The van der Waals surface area contributed by atoms with Crippen LogP contribution in [0.15, 0.2) is 46.0 Å². The van der Waals surface area contributed by atoms with Crippen LogP contribution in [0.2, 0.25) is 0 Å². The fraction of sp³-hybridized carbons (Fsp3) is 0.278. The van der Waals surface area contributed by atoms with Crippen molar-refractivity contribution in [2.45, 2.75) is 25.2 Å². The van der Waals surface area contributed by atoms with Gasteiger partial charge in [-0.25, -0.2) is 13.1 Å². The summed E-state index contributed by atoms with van der Waals surface area (Å²) in [5.74, 6) is 1.02. The fourth-order valence-electron chi connectivity index (χ4n) is 2.47. The van der Waals surface area contributed by atoms with Crippen molar-refractivity contribution in [3.63, 3.8) is 0 Å². The summed E-state index contributed by atoms with van der Waals surface area (Å²) in [6.07, 6.45) is 3.53. The Kier molecular flexibility index (Phi) is 5.52. The largest absolute Gasteiger partial charge is 0.495 e. The van der Waals surface area contributed by atoms with Gasteiger partial charge >= 0.3 is 0 Å². The predicted molar refractivity (Wildman–Crippen MR) is 98.9 cm³/mol. The Morgan fingerprint density at radius 2 is 1.81 bits per heavy atom. The molecular weight excluding hydrogens is 368 g/mol. The summed E-state index contributed by atoms with van der Waals surface area (Å²) in [4.78, 5) is 4.04. The first-order valence-electron chi connectivity index (χ1n) is 8.28. The summed E-state index contributed by atoms with van der Waals surface area (Å²) >= 11 is 0. The average Bonchev–Trinajstić information content (AvgIpc) is 3.13. The molecular formula is C18H20N4O4S. The van der Waals surface area contributed by atoms with Gasteiger partial charge in [-0.15, -0.1) is 10.2 Å². The number of nitrogens with one attached hydrogen (secondary N) is 1. The molecule has 0 spiro atoms.